The number of carbonyl (C=O) groups excluding carboxylic acids is 1. The number of hydrogen-bond donors (Lipinski definition) is 1. The summed E-state index contributed by atoms with van der Waals surface area (Å²) in [6.45, 7) is 4.82. The van der Waals surface area contributed by atoms with Crippen LogP contribution in [0, 0.1) is 5.92 Å². The van der Waals surface area contributed by atoms with Gasteiger partial charge < -0.3 is 5.32 Å². The fourth-order valence-electron chi connectivity index (χ4n) is 1.06. The molecular formula is C11H13Br2NO. The first-order valence-electron chi connectivity index (χ1n) is 4.74. The molecule has 1 aromatic rings. The van der Waals surface area contributed by atoms with Crippen molar-refractivity contribution < 1.29 is 4.79 Å². The van der Waals surface area contributed by atoms with Crippen molar-refractivity contribution in [2.75, 3.05) is 6.54 Å². The Bertz CT molecular complexity index is 364. The lowest BCUT2D eigenvalue weighted by molar-refractivity contribution is 0.0948. The Hall–Kier alpha value is -0.350. The van der Waals surface area contributed by atoms with Crippen LogP contribution in [0.3, 0.4) is 0 Å². The predicted molar refractivity (Wildman–Crippen MR) is 69.0 cm³/mol. The van der Waals surface area contributed by atoms with Crippen LogP contribution in [-0.4, -0.2) is 12.5 Å². The molecule has 0 fully saturated rings. The summed E-state index contributed by atoms with van der Waals surface area (Å²) < 4.78 is 1.72. The summed E-state index contributed by atoms with van der Waals surface area (Å²) in [4.78, 5) is 11.8. The third-order valence-electron chi connectivity index (χ3n) is 1.84. The molecule has 2 nitrogen and oxygen atoms in total. The summed E-state index contributed by atoms with van der Waals surface area (Å²) in [6, 6.07) is 5.55. The van der Waals surface area contributed by atoms with Crippen molar-refractivity contribution in [2.24, 2.45) is 5.92 Å². The molecule has 0 aliphatic rings. The van der Waals surface area contributed by atoms with Gasteiger partial charge in [-0.1, -0.05) is 29.8 Å². The zero-order chi connectivity index (χ0) is 11.4. The molecule has 1 aromatic carbocycles. The van der Waals surface area contributed by atoms with E-state index in [1.165, 1.54) is 0 Å². The van der Waals surface area contributed by atoms with E-state index < -0.39 is 0 Å². The Balaban J connectivity index is 2.77. The molecule has 0 aliphatic carbocycles. The summed E-state index contributed by atoms with van der Waals surface area (Å²) in [5.74, 6) is 0.414. The van der Waals surface area contributed by atoms with Crippen molar-refractivity contribution in [3.63, 3.8) is 0 Å². The van der Waals surface area contributed by atoms with Crippen molar-refractivity contribution in [1.82, 2.24) is 5.32 Å². The van der Waals surface area contributed by atoms with Crippen LogP contribution in [0.4, 0.5) is 0 Å². The van der Waals surface area contributed by atoms with Gasteiger partial charge in [0.15, 0.2) is 0 Å². The lowest BCUT2D eigenvalue weighted by Gasteiger charge is -2.09. The molecule has 0 spiro atoms. The quantitative estimate of drug-likeness (QED) is 0.899. The van der Waals surface area contributed by atoms with E-state index in [1.54, 1.807) is 6.07 Å². The molecule has 0 saturated carbocycles. The fourth-order valence-corrected chi connectivity index (χ4v) is 1.85. The molecule has 0 aliphatic heterocycles. The maximum absolute atomic E-state index is 11.8. The molecule has 1 amide bonds. The molecule has 0 unspecified atom stereocenters. The van der Waals surface area contributed by atoms with Gasteiger partial charge in [-0.25, -0.2) is 0 Å². The Morgan fingerprint density at radius 1 is 1.40 bits per heavy atom. The highest BCUT2D eigenvalue weighted by molar-refractivity contribution is 9.11. The van der Waals surface area contributed by atoms with Crippen LogP contribution in [0.25, 0.3) is 0 Å². The lowest BCUT2D eigenvalue weighted by Crippen LogP contribution is -2.27. The first-order valence-corrected chi connectivity index (χ1v) is 6.32. The van der Waals surface area contributed by atoms with Crippen molar-refractivity contribution in [3.05, 3.63) is 32.7 Å². The number of hydrogen-bond acceptors (Lipinski definition) is 1. The van der Waals surface area contributed by atoms with Gasteiger partial charge in [0.2, 0.25) is 0 Å². The third kappa shape index (κ3) is 3.95. The maximum atomic E-state index is 11.8. The molecule has 4 heteroatoms. The Kier molecular flexibility index (Phi) is 4.80. The van der Waals surface area contributed by atoms with E-state index >= 15 is 0 Å². The normalized spacial score (nSPS) is 10.5. The van der Waals surface area contributed by atoms with Crippen LogP contribution >= 0.6 is 31.9 Å². The van der Waals surface area contributed by atoms with Gasteiger partial charge in [0, 0.05) is 15.5 Å². The number of benzene rings is 1. The Morgan fingerprint density at radius 2 is 2.07 bits per heavy atom. The van der Waals surface area contributed by atoms with E-state index in [1.807, 2.05) is 12.1 Å². The number of halogens is 2. The first-order chi connectivity index (χ1) is 7.00. The van der Waals surface area contributed by atoms with E-state index in [0.717, 1.165) is 8.95 Å². The zero-order valence-electron chi connectivity index (χ0n) is 8.68. The van der Waals surface area contributed by atoms with Crippen molar-refractivity contribution in [1.29, 1.82) is 0 Å². The molecule has 1 rings (SSSR count). The van der Waals surface area contributed by atoms with E-state index in [2.05, 4.69) is 51.0 Å². The smallest absolute Gasteiger partial charge is 0.252 e. The minimum atomic E-state index is -0.0446. The Morgan fingerprint density at radius 3 is 2.67 bits per heavy atom. The highest BCUT2D eigenvalue weighted by Crippen LogP contribution is 2.21. The van der Waals surface area contributed by atoms with Crippen molar-refractivity contribution in [3.8, 4) is 0 Å². The van der Waals surface area contributed by atoms with E-state index in [9.17, 15) is 4.79 Å². The van der Waals surface area contributed by atoms with Gasteiger partial charge in [-0.2, -0.15) is 0 Å². The molecule has 82 valence electrons. The highest BCUT2D eigenvalue weighted by Gasteiger charge is 2.10. The molecule has 0 atom stereocenters. The van der Waals surface area contributed by atoms with Crippen LogP contribution in [0.5, 0.6) is 0 Å². The van der Waals surface area contributed by atoms with Crippen LogP contribution in [0.2, 0.25) is 0 Å². The minimum Gasteiger partial charge on any atom is -0.352 e. The van der Waals surface area contributed by atoms with Crippen molar-refractivity contribution in [2.45, 2.75) is 13.8 Å². The minimum absolute atomic E-state index is 0.0446. The number of amides is 1. The topological polar surface area (TPSA) is 29.1 Å². The molecule has 1 N–H and O–H groups in total. The molecular weight excluding hydrogens is 322 g/mol. The van der Waals surface area contributed by atoms with Gasteiger partial charge in [0.05, 0.1) is 5.56 Å². The zero-order valence-corrected chi connectivity index (χ0v) is 11.9. The van der Waals surface area contributed by atoms with Crippen LogP contribution in [0.15, 0.2) is 27.1 Å². The van der Waals surface area contributed by atoms with Crippen LogP contribution in [0.1, 0.15) is 24.2 Å². The van der Waals surface area contributed by atoms with Gasteiger partial charge in [0.1, 0.15) is 0 Å². The number of carbonyl (C=O) groups is 1. The largest absolute Gasteiger partial charge is 0.352 e. The third-order valence-corrected chi connectivity index (χ3v) is 3.03. The maximum Gasteiger partial charge on any atom is 0.252 e. The molecule has 0 saturated heterocycles. The lowest BCUT2D eigenvalue weighted by atomic mass is 10.2. The highest BCUT2D eigenvalue weighted by atomic mass is 79.9. The standard InChI is InChI=1S/C11H13Br2NO/c1-7(2)6-14-11(15)9-5-8(12)3-4-10(9)13/h3-5,7H,6H2,1-2H3,(H,14,15). The monoisotopic (exact) mass is 333 g/mol. The summed E-state index contributed by atoms with van der Waals surface area (Å²) in [5, 5.41) is 2.88. The molecule has 0 aromatic heterocycles. The van der Waals surface area contributed by atoms with Gasteiger partial charge in [-0.05, 0) is 40.0 Å². The number of nitrogens with one attached hydrogen (secondary N) is 1. The predicted octanol–water partition coefficient (Wildman–Crippen LogP) is 3.60. The second-order valence-corrected chi connectivity index (χ2v) is 5.50. The molecule has 0 bridgehead atoms. The summed E-state index contributed by atoms with van der Waals surface area (Å²) in [5.41, 5.74) is 0.657. The van der Waals surface area contributed by atoms with Crippen LogP contribution < -0.4 is 5.32 Å². The van der Waals surface area contributed by atoms with Gasteiger partial charge >= 0.3 is 0 Å². The molecule has 15 heavy (non-hydrogen) atoms. The Labute approximate surface area is 107 Å². The van der Waals surface area contributed by atoms with Gasteiger partial charge in [-0.15, -0.1) is 0 Å². The molecule has 0 radical (unpaired) electrons. The average molecular weight is 335 g/mol. The average Bonchev–Trinajstić information content (AvgIpc) is 2.18. The molecule has 0 heterocycles. The van der Waals surface area contributed by atoms with Crippen LogP contribution in [-0.2, 0) is 0 Å². The summed E-state index contributed by atoms with van der Waals surface area (Å²) >= 11 is 6.70. The second-order valence-electron chi connectivity index (χ2n) is 3.73. The van der Waals surface area contributed by atoms with E-state index in [-0.39, 0.29) is 5.91 Å². The number of rotatable bonds is 3. The van der Waals surface area contributed by atoms with Gasteiger partial charge in [0.25, 0.3) is 5.91 Å². The van der Waals surface area contributed by atoms with E-state index in [4.69, 9.17) is 0 Å². The fraction of sp³-hybridized carbons (Fsp3) is 0.364. The van der Waals surface area contributed by atoms with E-state index in [0.29, 0.717) is 18.0 Å². The SMILES string of the molecule is CC(C)CNC(=O)c1cc(Br)ccc1Br. The summed E-state index contributed by atoms with van der Waals surface area (Å²) in [7, 11) is 0. The summed E-state index contributed by atoms with van der Waals surface area (Å²) in [6.07, 6.45) is 0. The van der Waals surface area contributed by atoms with Gasteiger partial charge in [-0.3, -0.25) is 4.79 Å². The second kappa shape index (κ2) is 5.66. The first kappa shape index (κ1) is 12.7. The van der Waals surface area contributed by atoms with Crippen molar-refractivity contribution >= 4 is 37.8 Å².